The van der Waals surface area contributed by atoms with E-state index in [4.69, 9.17) is 10.5 Å². The topological polar surface area (TPSA) is 106 Å². The molecule has 1 heterocycles. The number of carbonyl (C=O) groups excluding carboxylic acids is 1. The van der Waals surface area contributed by atoms with Gasteiger partial charge in [-0.25, -0.2) is 0 Å². The van der Waals surface area contributed by atoms with Crippen LogP contribution < -0.4 is 20.7 Å². The zero-order valence-corrected chi connectivity index (χ0v) is 12.2. The Bertz CT molecular complexity index is 440. The van der Waals surface area contributed by atoms with E-state index >= 15 is 0 Å². The normalized spacial score (nSPS) is 10.2. The van der Waals surface area contributed by atoms with Crippen LogP contribution in [0.25, 0.3) is 0 Å². The summed E-state index contributed by atoms with van der Waals surface area (Å²) in [5, 5.41) is 3.00. The highest BCUT2D eigenvalue weighted by Gasteiger charge is 2.15. The molecule has 20 heavy (non-hydrogen) atoms. The molecular weight excluding hydrogens is 260 g/mol. The number of ether oxygens (including phenoxy) is 1. The van der Waals surface area contributed by atoms with E-state index in [1.807, 2.05) is 6.92 Å². The van der Waals surface area contributed by atoms with Crippen molar-refractivity contribution in [1.82, 2.24) is 15.0 Å². The maximum atomic E-state index is 11.2. The highest BCUT2D eigenvalue weighted by molar-refractivity contribution is 5.78. The number of carbonyl (C=O) groups is 1. The molecule has 0 aliphatic heterocycles. The average molecular weight is 282 g/mol. The molecule has 1 rings (SSSR count). The van der Waals surface area contributed by atoms with Gasteiger partial charge < -0.3 is 20.7 Å². The zero-order valence-electron chi connectivity index (χ0n) is 12.2. The number of anilines is 2. The minimum Gasteiger partial charge on any atom is -0.467 e. The smallest absolute Gasteiger partial charge is 0.322 e. The van der Waals surface area contributed by atoms with Gasteiger partial charge in [-0.15, -0.1) is 0 Å². The van der Waals surface area contributed by atoms with Crippen LogP contribution in [0.1, 0.15) is 26.7 Å². The Kier molecular flexibility index (Phi) is 6.48. The predicted octanol–water partition coefficient (Wildman–Crippen LogP) is 0.404. The van der Waals surface area contributed by atoms with Gasteiger partial charge in [-0.1, -0.05) is 13.3 Å². The second-order valence-electron chi connectivity index (χ2n) is 4.22. The van der Waals surface area contributed by atoms with Crippen LogP contribution in [0.3, 0.4) is 0 Å². The maximum Gasteiger partial charge on any atom is 0.322 e. The van der Waals surface area contributed by atoms with Crippen LogP contribution in [-0.4, -0.2) is 47.6 Å². The van der Waals surface area contributed by atoms with Crippen molar-refractivity contribution in [2.75, 3.05) is 37.0 Å². The number of nitrogens with zero attached hydrogens (tertiary/aromatic N) is 4. The maximum absolute atomic E-state index is 11.2. The fraction of sp³-hybridized carbons (Fsp3) is 0.667. The first kappa shape index (κ1) is 15.9. The number of nitrogens with two attached hydrogens (primary N) is 1. The van der Waals surface area contributed by atoms with E-state index in [0.29, 0.717) is 25.0 Å². The lowest BCUT2D eigenvalue weighted by atomic mass is 10.3. The van der Waals surface area contributed by atoms with Crippen LogP contribution in [0.15, 0.2) is 0 Å². The first-order valence-electron chi connectivity index (χ1n) is 6.67. The zero-order chi connectivity index (χ0) is 15.0. The summed E-state index contributed by atoms with van der Waals surface area (Å²) >= 11 is 0. The second-order valence-corrected chi connectivity index (χ2v) is 4.22. The van der Waals surface area contributed by atoms with Gasteiger partial charge in [-0.2, -0.15) is 15.0 Å². The molecule has 1 aromatic heterocycles. The molecule has 0 aromatic carbocycles. The summed E-state index contributed by atoms with van der Waals surface area (Å²) in [6.45, 7) is 5.41. The van der Waals surface area contributed by atoms with Crippen LogP contribution in [0.2, 0.25) is 0 Å². The number of methoxy groups -OCH3 is 1. The number of unbranched alkanes of at least 4 members (excludes halogenated alkanes) is 1. The summed E-state index contributed by atoms with van der Waals surface area (Å²) in [5.41, 5.74) is 5.27. The van der Waals surface area contributed by atoms with E-state index in [1.165, 1.54) is 7.11 Å². The van der Waals surface area contributed by atoms with E-state index in [2.05, 4.69) is 27.2 Å². The largest absolute Gasteiger partial charge is 0.467 e. The van der Waals surface area contributed by atoms with Crippen LogP contribution in [-0.2, 0) is 4.79 Å². The lowest BCUT2D eigenvalue weighted by Gasteiger charge is -2.21. The van der Waals surface area contributed by atoms with Crippen molar-refractivity contribution in [3.05, 3.63) is 0 Å². The molecule has 8 nitrogen and oxygen atoms in total. The van der Waals surface area contributed by atoms with Gasteiger partial charge in [-0.05, 0) is 13.3 Å². The molecule has 3 N–H and O–H groups in total. The molecule has 0 saturated heterocycles. The molecule has 0 atom stereocenters. The molecule has 0 saturated carbocycles. The van der Waals surface area contributed by atoms with Crippen molar-refractivity contribution in [3.8, 4) is 6.01 Å². The highest BCUT2D eigenvalue weighted by Crippen LogP contribution is 2.15. The molecule has 0 spiro atoms. The Balaban J connectivity index is 3.02. The molecule has 8 heteroatoms. The summed E-state index contributed by atoms with van der Waals surface area (Å²) in [4.78, 5) is 25.4. The van der Waals surface area contributed by atoms with Gasteiger partial charge in [0.05, 0.1) is 13.7 Å². The number of hydrogen-bond donors (Lipinski definition) is 2. The van der Waals surface area contributed by atoms with E-state index in [9.17, 15) is 4.79 Å². The molecule has 0 bridgehead atoms. The molecule has 0 aliphatic carbocycles. The van der Waals surface area contributed by atoms with E-state index < -0.39 is 5.91 Å². The first-order valence-corrected chi connectivity index (χ1v) is 6.67. The Morgan fingerprint density at radius 3 is 2.65 bits per heavy atom. The number of aromatic nitrogens is 3. The lowest BCUT2D eigenvalue weighted by molar-refractivity contribution is -0.116. The minimum atomic E-state index is -0.425. The van der Waals surface area contributed by atoms with Crippen LogP contribution in [0.4, 0.5) is 11.9 Å². The van der Waals surface area contributed by atoms with Crippen LogP contribution in [0, 0.1) is 0 Å². The predicted molar refractivity (Wildman–Crippen MR) is 76.9 cm³/mol. The van der Waals surface area contributed by atoms with Crippen molar-refractivity contribution in [3.63, 3.8) is 0 Å². The van der Waals surface area contributed by atoms with Gasteiger partial charge in [0.25, 0.3) is 0 Å². The molecule has 0 unspecified atom stereocenters. The number of rotatable bonds is 9. The number of primary amides is 1. The summed E-state index contributed by atoms with van der Waals surface area (Å²) in [5.74, 6) is 0.380. The number of amides is 1. The average Bonchev–Trinajstić information content (AvgIpc) is 2.43. The third-order valence-electron chi connectivity index (χ3n) is 2.53. The number of hydrogen-bond acceptors (Lipinski definition) is 7. The Labute approximate surface area is 118 Å². The van der Waals surface area contributed by atoms with Gasteiger partial charge in [0.1, 0.15) is 0 Å². The fourth-order valence-corrected chi connectivity index (χ4v) is 1.60. The number of nitrogens with one attached hydrogen (secondary N) is 1. The van der Waals surface area contributed by atoms with Crippen LogP contribution in [0.5, 0.6) is 6.01 Å². The molecule has 0 radical (unpaired) electrons. The van der Waals surface area contributed by atoms with Crippen molar-refractivity contribution < 1.29 is 9.53 Å². The van der Waals surface area contributed by atoms with E-state index in [1.54, 1.807) is 4.90 Å². The monoisotopic (exact) mass is 282 g/mol. The van der Waals surface area contributed by atoms with Crippen molar-refractivity contribution in [2.24, 2.45) is 5.73 Å². The summed E-state index contributed by atoms with van der Waals surface area (Å²) < 4.78 is 5.06. The summed E-state index contributed by atoms with van der Waals surface area (Å²) in [6, 6.07) is 0.205. The highest BCUT2D eigenvalue weighted by atomic mass is 16.5. The standard InChI is InChI=1S/C12H22N6O2/c1-4-6-7-18(8-9(13)19)11-15-10(14-5-2)16-12(17-11)20-3/h4-8H2,1-3H3,(H2,13,19)(H,14,15,16,17). The van der Waals surface area contributed by atoms with Gasteiger partial charge >= 0.3 is 6.01 Å². The van der Waals surface area contributed by atoms with Crippen molar-refractivity contribution >= 4 is 17.8 Å². The third-order valence-corrected chi connectivity index (χ3v) is 2.53. The van der Waals surface area contributed by atoms with Gasteiger partial charge in [0, 0.05) is 13.1 Å². The molecule has 112 valence electrons. The van der Waals surface area contributed by atoms with Crippen molar-refractivity contribution in [2.45, 2.75) is 26.7 Å². The molecule has 1 aromatic rings. The molecule has 0 aliphatic rings. The Hall–Kier alpha value is -2.12. The SMILES string of the molecule is CCCCN(CC(N)=O)c1nc(NCC)nc(OC)n1. The Morgan fingerprint density at radius 1 is 1.35 bits per heavy atom. The lowest BCUT2D eigenvalue weighted by Crippen LogP contribution is -2.36. The Morgan fingerprint density at radius 2 is 2.10 bits per heavy atom. The minimum absolute atomic E-state index is 0.0682. The van der Waals surface area contributed by atoms with Gasteiger partial charge in [0.15, 0.2) is 0 Å². The first-order chi connectivity index (χ1) is 9.60. The van der Waals surface area contributed by atoms with Crippen LogP contribution >= 0.6 is 0 Å². The summed E-state index contributed by atoms with van der Waals surface area (Å²) in [7, 11) is 1.49. The molecular formula is C12H22N6O2. The van der Waals surface area contributed by atoms with Gasteiger partial charge in [-0.3, -0.25) is 4.79 Å². The van der Waals surface area contributed by atoms with E-state index in [0.717, 1.165) is 12.8 Å². The fourth-order valence-electron chi connectivity index (χ4n) is 1.60. The van der Waals surface area contributed by atoms with Crippen molar-refractivity contribution in [1.29, 1.82) is 0 Å². The molecule has 1 amide bonds. The molecule has 0 fully saturated rings. The third kappa shape index (κ3) is 4.87. The summed E-state index contributed by atoms with van der Waals surface area (Å²) in [6.07, 6.45) is 1.91. The quantitative estimate of drug-likeness (QED) is 0.675. The van der Waals surface area contributed by atoms with E-state index in [-0.39, 0.29) is 12.6 Å². The second kappa shape index (κ2) is 8.13. The van der Waals surface area contributed by atoms with Gasteiger partial charge in [0.2, 0.25) is 17.8 Å².